The second-order valence-electron chi connectivity index (χ2n) is 4.42. The fourth-order valence-corrected chi connectivity index (χ4v) is 3.38. The maximum absolute atomic E-state index is 11.8. The van der Waals surface area contributed by atoms with Crippen LogP contribution in [0, 0.1) is 0 Å². The van der Waals surface area contributed by atoms with Gasteiger partial charge in [-0.2, -0.15) is 0 Å². The van der Waals surface area contributed by atoms with E-state index in [0.717, 1.165) is 5.56 Å². The molecule has 0 radical (unpaired) electrons. The zero-order valence-corrected chi connectivity index (χ0v) is 11.8. The quantitative estimate of drug-likeness (QED) is 0.877. The summed E-state index contributed by atoms with van der Waals surface area (Å²) in [5, 5.41) is 14.5. The number of carbonyl (C=O) groups excluding carboxylic acids is 1. The summed E-state index contributed by atoms with van der Waals surface area (Å²) in [5.41, 5.74) is 6.56. The summed E-state index contributed by atoms with van der Waals surface area (Å²) in [6.45, 7) is 1.39. The Kier molecular flexibility index (Phi) is 3.99. The van der Waals surface area contributed by atoms with Crippen LogP contribution in [0.2, 0.25) is 0 Å². The number of benzene rings is 1. The van der Waals surface area contributed by atoms with Gasteiger partial charge in [-0.25, -0.2) is 5.01 Å². The van der Waals surface area contributed by atoms with Crippen LogP contribution in [0.1, 0.15) is 25.3 Å². The molecule has 0 aromatic heterocycles. The first-order valence-corrected chi connectivity index (χ1v) is 6.88. The summed E-state index contributed by atoms with van der Waals surface area (Å²) in [5.74, 6) is -1.19. The van der Waals surface area contributed by atoms with Gasteiger partial charge in [0.2, 0.25) is 5.91 Å². The lowest BCUT2D eigenvalue weighted by molar-refractivity contribution is -0.139. The molecular formula is C13H15N3O3S. The predicted molar refractivity (Wildman–Crippen MR) is 76.7 cm³/mol. The number of thioether (sulfide) groups is 1. The Morgan fingerprint density at radius 3 is 2.60 bits per heavy atom. The zero-order valence-electron chi connectivity index (χ0n) is 10.9. The van der Waals surface area contributed by atoms with Gasteiger partial charge < -0.3 is 10.8 Å². The molecule has 106 valence electrons. The number of hydrogen-bond donors (Lipinski definition) is 2. The van der Waals surface area contributed by atoms with E-state index < -0.39 is 10.8 Å². The first kappa shape index (κ1) is 14.4. The number of hydrogen-bond acceptors (Lipinski definition) is 5. The normalized spacial score (nSPS) is 21.6. The summed E-state index contributed by atoms with van der Waals surface area (Å²) in [6, 6.07) is 9.23. The fourth-order valence-electron chi connectivity index (χ4n) is 2.20. The van der Waals surface area contributed by atoms with E-state index >= 15 is 0 Å². The number of amides is 1. The molecule has 1 aromatic rings. The summed E-state index contributed by atoms with van der Waals surface area (Å²) >= 11 is 1.21. The molecule has 0 spiro atoms. The van der Waals surface area contributed by atoms with Crippen molar-refractivity contribution in [1.29, 1.82) is 0 Å². The highest BCUT2D eigenvalue weighted by Crippen LogP contribution is 2.48. The van der Waals surface area contributed by atoms with Gasteiger partial charge in [0.05, 0.1) is 0 Å². The Morgan fingerprint density at radius 1 is 1.40 bits per heavy atom. The van der Waals surface area contributed by atoms with Crippen LogP contribution in [-0.4, -0.2) is 27.2 Å². The minimum absolute atomic E-state index is 0.0749. The highest BCUT2D eigenvalue weighted by Gasteiger charge is 2.46. The summed E-state index contributed by atoms with van der Waals surface area (Å²) in [6.07, 6.45) is 0.162. The van der Waals surface area contributed by atoms with Crippen LogP contribution in [0.4, 0.5) is 0 Å². The van der Waals surface area contributed by atoms with Crippen molar-refractivity contribution in [1.82, 2.24) is 5.01 Å². The smallest absolute Gasteiger partial charge is 0.303 e. The molecule has 0 saturated heterocycles. The van der Waals surface area contributed by atoms with Crippen molar-refractivity contribution < 1.29 is 14.7 Å². The van der Waals surface area contributed by atoms with E-state index in [1.165, 1.54) is 23.7 Å². The van der Waals surface area contributed by atoms with E-state index in [-0.39, 0.29) is 23.9 Å². The van der Waals surface area contributed by atoms with Crippen molar-refractivity contribution in [3.63, 3.8) is 0 Å². The number of carboxylic acids is 1. The first-order chi connectivity index (χ1) is 9.45. The molecular weight excluding hydrogens is 278 g/mol. The third-order valence-corrected chi connectivity index (χ3v) is 4.26. The third kappa shape index (κ3) is 2.62. The summed E-state index contributed by atoms with van der Waals surface area (Å²) in [4.78, 5) is 21.9. The van der Waals surface area contributed by atoms with Crippen LogP contribution < -0.4 is 5.73 Å². The average molecular weight is 293 g/mol. The monoisotopic (exact) mass is 293 g/mol. The van der Waals surface area contributed by atoms with Crippen LogP contribution in [0.15, 0.2) is 35.4 Å². The third-order valence-electron chi connectivity index (χ3n) is 3.01. The van der Waals surface area contributed by atoms with Gasteiger partial charge in [-0.3, -0.25) is 9.59 Å². The summed E-state index contributed by atoms with van der Waals surface area (Å²) < 4.78 is 0. The lowest BCUT2D eigenvalue weighted by Gasteiger charge is -2.34. The average Bonchev–Trinajstić information content (AvgIpc) is 2.76. The second kappa shape index (κ2) is 5.54. The fraction of sp³-hybridized carbons (Fsp3) is 0.308. The highest BCUT2D eigenvalue weighted by atomic mass is 32.2. The molecule has 1 aromatic carbocycles. The van der Waals surface area contributed by atoms with E-state index in [0.29, 0.717) is 0 Å². The van der Waals surface area contributed by atoms with Gasteiger partial charge in [-0.1, -0.05) is 42.1 Å². The number of aliphatic carboxylic acids is 1. The summed E-state index contributed by atoms with van der Waals surface area (Å²) in [7, 11) is 0. The molecule has 2 rings (SSSR count). The van der Waals surface area contributed by atoms with Crippen molar-refractivity contribution in [3.8, 4) is 0 Å². The molecule has 0 saturated carbocycles. The zero-order chi connectivity index (χ0) is 14.8. The highest BCUT2D eigenvalue weighted by molar-refractivity contribution is 8.14. The van der Waals surface area contributed by atoms with E-state index in [9.17, 15) is 9.59 Å². The van der Waals surface area contributed by atoms with Crippen molar-refractivity contribution in [2.24, 2.45) is 10.8 Å². The number of nitrogens with two attached hydrogens (primary N) is 1. The number of carboxylic acid groups (broad SMARTS) is 1. The SMILES string of the molecule is CC(=O)N1N=C(N)SC1(CCC(=O)O)c1ccccc1. The minimum atomic E-state index is -0.921. The van der Waals surface area contributed by atoms with E-state index in [1.54, 1.807) is 0 Å². The van der Waals surface area contributed by atoms with Gasteiger partial charge in [0.15, 0.2) is 5.17 Å². The lowest BCUT2D eigenvalue weighted by atomic mass is 10.0. The Bertz CT molecular complexity index is 561. The first-order valence-electron chi connectivity index (χ1n) is 6.07. The minimum Gasteiger partial charge on any atom is -0.481 e. The molecule has 1 atom stereocenters. The molecule has 0 fully saturated rings. The van der Waals surface area contributed by atoms with Gasteiger partial charge in [0.25, 0.3) is 0 Å². The number of carbonyl (C=O) groups is 2. The van der Waals surface area contributed by atoms with Crippen molar-refractivity contribution in [3.05, 3.63) is 35.9 Å². The Balaban J connectivity index is 2.44. The molecule has 1 unspecified atom stereocenters. The maximum atomic E-state index is 11.8. The van der Waals surface area contributed by atoms with Gasteiger partial charge in [-0.15, -0.1) is 5.10 Å². The van der Waals surface area contributed by atoms with Crippen LogP contribution in [0.5, 0.6) is 0 Å². The number of hydrazone groups is 1. The van der Waals surface area contributed by atoms with Gasteiger partial charge in [0.1, 0.15) is 4.87 Å². The largest absolute Gasteiger partial charge is 0.481 e. The van der Waals surface area contributed by atoms with E-state index in [1.807, 2.05) is 30.3 Å². The number of amidine groups is 1. The van der Waals surface area contributed by atoms with E-state index in [4.69, 9.17) is 10.8 Å². The molecule has 1 aliphatic rings. The predicted octanol–water partition coefficient (Wildman–Crippen LogP) is 1.53. The molecule has 1 amide bonds. The van der Waals surface area contributed by atoms with E-state index in [2.05, 4.69) is 5.10 Å². The van der Waals surface area contributed by atoms with Crippen molar-refractivity contribution in [2.75, 3.05) is 0 Å². The van der Waals surface area contributed by atoms with Crippen molar-refractivity contribution >= 4 is 28.8 Å². The topological polar surface area (TPSA) is 96.0 Å². The van der Waals surface area contributed by atoms with Crippen LogP contribution in [0.3, 0.4) is 0 Å². The molecule has 20 heavy (non-hydrogen) atoms. The van der Waals surface area contributed by atoms with Gasteiger partial charge in [0, 0.05) is 13.3 Å². The molecule has 3 N–H and O–H groups in total. The lowest BCUT2D eigenvalue weighted by Crippen LogP contribution is -2.40. The van der Waals surface area contributed by atoms with Crippen LogP contribution in [-0.2, 0) is 14.5 Å². The Morgan fingerprint density at radius 2 is 2.05 bits per heavy atom. The van der Waals surface area contributed by atoms with Crippen LogP contribution in [0.25, 0.3) is 0 Å². The number of nitrogens with zero attached hydrogens (tertiary/aromatic N) is 2. The van der Waals surface area contributed by atoms with Crippen molar-refractivity contribution in [2.45, 2.75) is 24.6 Å². The van der Waals surface area contributed by atoms with Crippen LogP contribution >= 0.6 is 11.8 Å². The van der Waals surface area contributed by atoms with Gasteiger partial charge in [-0.05, 0) is 12.0 Å². The standard InChI is InChI=1S/C13H15N3O3S/c1-9(17)16-13(8-7-11(18)19,20-12(14)15-16)10-5-3-2-4-6-10/h2-6H,7-8H2,1H3,(H2,14,15)(H,18,19). The molecule has 6 nitrogen and oxygen atoms in total. The maximum Gasteiger partial charge on any atom is 0.303 e. The molecule has 1 aliphatic heterocycles. The molecule has 0 bridgehead atoms. The molecule has 1 heterocycles. The Hall–Kier alpha value is -2.02. The molecule has 0 aliphatic carbocycles. The second-order valence-corrected chi connectivity index (χ2v) is 5.71. The number of rotatable bonds is 4. The molecule has 7 heteroatoms. The Labute approximate surface area is 120 Å². The van der Waals surface area contributed by atoms with Gasteiger partial charge >= 0.3 is 5.97 Å².